The minimum absolute atomic E-state index is 0.281. The second-order valence-electron chi connectivity index (χ2n) is 4.41. The lowest BCUT2D eigenvalue weighted by Gasteiger charge is -2.09. The Hall–Kier alpha value is -1.38. The van der Waals surface area contributed by atoms with Crippen LogP contribution in [-0.4, -0.2) is 0 Å². The molecule has 2 heteroatoms. The fourth-order valence-electron chi connectivity index (χ4n) is 2.09. The van der Waals surface area contributed by atoms with Crippen molar-refractivity contribution < 1.29 is 0 Å². The van der Waals surface area contributed by atoms with Gasteiger partial charge < -0.3 is 0 Å². The van der Waals surface area contributed by atoms with Crippen molar-refractivity contribution >= 4 is 27.3 Å². The highest BCUT2D eigenvalue weighted by atomic mass is 79.9. The molecule has 0 N–H and O–H groups in total. The highest BCUT2D eigenvalue weighted by molar-refractivity contribution is 9.09. The molecular weight excluding hydrogens is 316 g/mol. The van der Waals surface area contributed by atoms with Gasteiger partial charge in [0.15, 0.2) is 0 Å². The Morgan fingerprint density at radius 2 is 1.42 bits per heavy atom. The molecule has 0 aliphatic heterocycles. The van der Waals surface area contributed by atoms with Crippen LogP contribution in [0.1, 0.15) is 16.0 Å². The van der Waals surface area contributed by atoms with Crippen molar-refractivity contribution in [3.05, 3.63) is 82.6 Å². The Kier molecular flexibility index (Phi) is 3.81. The summed E-state index contributed by atoms with van der Waals surface area (Å²) in [4.78, 5) is 0.281. The van der Waals surface area contributed by atoms with Gasteiger partial charge in [0.1, 0.15) is 0 Å². The van der Waals surface area contributed by atoms with Gasteiger partial charge >= 0.3 is 0 Å². The summed E-state index contributed by atoms with van der Waals surface area (Å²) >= 11 is 5.49. The van der Waals surface area contributed by atoms with Gasteiger partial charge in [-0.25, -0.2) is 0 Å². The fourth-order valence-corrected chi connectivity index (χ4v) is 3.54. The number of hydrogen-bond donors (Lipinski definition) is 0. The van der Waals surface area contributed by atoms with Crippen LogP contribution >= 0.6 is 27.3 Å². The van der Waals surface area contributed by atoms with Crippen molar-refractivity contribution in [2.45, 2.75) is 4.83 Å². The van der Waals surface area contributed by atoms with Gasteiger partial charge in [0, 0.05) is 0 Å². The normalized spacial score (nSPS) is 12.3. The lowest BCUT2D eigenvalue weighted by molar-refractivity contribution is 1.20. The average Bonchev–Trinajstić information content (AvgIpc) is 3.02. The summed E-state index contributed by atoms with van der Waals surface area (Å²) in [5.74, 6) is 0. The highest BCUT2D eigenvalue weighted by Crippen LogP contribution is 2.33. The summed E-state index contributed by atoms with van der Waals surface area (Å²) < 4.78 is 0. The standard InChI is InChI=1S/C17H13BrS/c18-17(16-10-11-19-12-16)15-8-6-14(7-9-15)13-4-2-1-3-5-13/h1-12,17H. The first-order chi connectivity index (χ1) is 9.34. The second-order valence-corrected chi connectivity index (χ2v) is 6.10. The van der Waals surface area contributed by atoms with E-state index < -0.39 is 0 Å². The minimum atomic E-state index is 0.281. The molecule has 3 rings (SSSR count). The highest BCUT2D eigenvalue weighted by Gasteiger charge is 2.10. The fraction of sp³-hybridized carbons (Fsp3) is 0.0588. The molecule has 2 aromatic carbocycles. The van der Waals surface area contributed by atoms with Crippen LogP contribution in [0.15, 0.2) is 71.4 Å². The Balaban J connectivity index is 1.87. The van der Waals surface area contributed by atoms with Crippen molar-refractivity contribution in [2.75, 3.05) is 0 Å². The third kappa shape index (κ3) is 2.80. The molecule has 0 saturated carbocycles. The van der Waals surface area contributed by atoms with Crippen molar-refractivity contribution in [1.29, 1.82) is 0 Å². The van der Waals surface area contributed by atoms with Crippen LogP contribution in [0.4, 0.5) is 0 Å². The molecule has 0 nitrogen and oxygen atoms in total. The number of thiophene rings is 1. The zero-order valence-corrected chi connectivity index (χ0v) is 12.7. The maximum absolute atomic E-state index is 3.76. The van der Waals surface area contributed by atoms with Gasteiger partial charge in [-0.3, -0.25) is 0 Å². The van der Waals surface area contributed by atoms with Gasteiger partial charge in [0.2, 0.25) is 0 Å². The van der Waals surface area contributed by atoms with E-state index in [4.69, 9.17) is 0 Å². The van der Waals surface area contributed by atoms with E-state index in [1.54, 1.807) is 11.3 Å². The zero-order chi connectivity index (χ0) is 13.1. The lowest BCUT2D eigenvalue weighted by atomic mass is 10.0. The van der Waals surface area contributed by atoms with Gasteiger partial charge in [-0.15, -0.1) is 0 Å². The van der Waals surface area contributed by atoms with Gasteiger partial charge in [0.05, 0.1) is 4.83 Å². The number of halogens is 1. The lowest BCUT2D eigenvalue weighted by Crippen LogP contribution is -1.90. The molecule has 0 spiro atoms. The second kappa shape index (κ2) is 5.72. The van der Waals surface area contributed by atoms with Crippen LogP contribution < -0.4 is 0 Å². The predicted molar refractivity (Wildman–Crippen MR) is 87.0 cm³/mol. The molecule has 3 aromatic rings. The Labute approximate surface area is 125 Å². The van der Waals surface area contributed by atoms with E-state index in [1.807, 2.05) is 6.07 Å². The topological polar surface area (TPSA) is 0 Å². The molecule has 0 fully saturated rings. The van der Waals surface area contributed by atoms with Crippen molar-refractivity contribution in [3.63, 3.8) is 0 Å². The van der Waals surface area contributed by atoms with Gasteiger partial charge in [-0.2, -0.15) is 11.3 Å². The molecule has 0 amide bonds. The van der Waals surface area contributed by atoms with Gasteiger partial charge in [-0.1, -0.05) is 70.5 Å². The summed E-state index contributed by atoms with van der Waals surface area (Å²) in [5.41, 5.74) is 5.13. The Morgan fingerprint density at radius 3 is 2.05 bits per heavy atom. The van der Waals surface area contributed by atoms with E-state index >= 15 is 0 Å². The Bertz CT molecular complexity index is 627. The molecular formula is C17H13BrS. The van der Waals surface area contributed by atoms with Crippen molar-refractivity contribution in [3.8, 4) is 11.1 Å². The van der Waals surface area contributed by atoms with E-state index in [-0.39, 0.29) is 4.83 Å². The van der Waals surface area contributed by atoms with Crippen LogP contribution in [0.25, 0.3) is 11.1 Å². The molecule has 19 heavy (non-hydrogen) atoms. The quantitative estimate of drug-likeness (QED) is 0.525. The summed E-state index contributed by atoms with van der Waals surface area (Å²) in [6, 6.07) is 21.4. The van der Waals surface area contributed by atoms with Gasteiger partial charge in [0.25, 0.3) is 0 Å². The average molecular weight is 329 g/mol. The summed E-state index contributed by atoms with van der Waals surface area (Å²) in [7, 11) is 0. The predicted octanol–water partition coefficient (Wildman–Crippen LogP) is 5.90. The van der Waals surface area contributed by atoms with Crippen LogP contribution in [0.3, 0.4) is 0 Å². The first-order valence-corrected chi connectivity index (χ1v) is 8.02. The molecule has 1 atom stereocenters. The number of benzene rings is 2. The molecule has 0 saturated heterocycles. The van der Waals surface area contributed by atoms with Gasteiger partial charge in [-0.05, 0) is 39.1 Å². The largest absolute Gasteiger partial charge is 0.152 e. The first kappa shape index (κ1) is 12.6. The van der Waals surface area contributed by atoms with Crippen LogP contribution in [0, 0.1) is 0 Å². The maximum atomic E-state index is 3.76. The summed E-state index contributed by atoms with van der Waals surface area (Å²) in [5, 5.41) is 4.30. The molecule has 0 radical (unpaired) electrons. The summed E-state index contributed by atoms with van der Waals surface area (Å²) in [6.07, 6.45) is 0. The third-order valence-corrected chi connectivity index (χ3v) is 4.91. The van der Waals surface area contributed by atoms with E-state index in [1.165, 1.54) is 22.3 Å². The zero-order valence-electron chi connectivity index (χ0n) is 10.3. The van der Waals surface area contributed by atoms with Crippen LogP contribution in [-0.2, 0) is 0 Å². The van der Waals surface area contributed by atoms with Crippen LogP contribution in [0.2, 0.25) is 0 Å². The number of rotatable bonds is 3. The molecule has 0 aliphatic carbocycles. The number of alkyl halides is 1. The Morgan fingerprint density at radius 1 is 0.737 bits per heavy atom. The van der Waals surface area contributed by atoms with E-state index in [0.29, 0.717) is 0 Å². The van der Waals surface area contributed by atoms with E-state index in [2.05, 4.69) is 81.3 Å². The van der Waals surface area contributed by atoms with E-state index in [0.717, 1.165) is 0 Å². The molecule has 0 bridgehead atoms. The van der Waals surface area contributed by atoms with E-state index in [9.17, 15) is 0 Å². The molecule has 94 valence electrons. The van der Waals surface area contributed by atoms with Crippen molar-refractivity contribution in [1.82, 2.24) is 0 Å². The SMILES string of the molecule is BrC(c1ccc(-c2ccccc2)cc1)c1ccsc1. The smallest absolute Gasteiger partial charge is 0.0652 e. The molecule has 1 aromatic heterocycles. The molecule has 0 aliphatic rings. The monoisotopic (exact) mass is 328 g/mol. The van der Waals surface area contributed by atoms with Crippen molar-refractivity contribution in [2.24, 2.45) is 0 Å². The summed E-state index contributed by atoms with van der Waals surface area (Å²) in [6.45, 7) is 0. The maximum Gasteiger partial charge on any atom is 0.0652 e. The molecule has 1 unspecified atom stereocenters. The van der Waals surface area contributed by atoms with Crippen LogP contribution in [0.5, 0.6) is 0 Å². The molecule has 1 heterocycles. The minimum Gasteiger partial charge on any atom is -0.152 e. The third-order valence-electron chi connectivity index (χ3n) is 3.15. The first-order valence-electron chi connectivity index (χ1n) is 6.16. The number of hydrogen-bond acceptors (Lipinski definition) is 1.